The average Bonchev–Trinajstić information content (AvgIpc) is 2.65. The van der Waals surface area contributed by atoms with E-state index in [9.17, 15) is 9.59 Å². The van der Waals surface area contributed by atoms with Crippen molar-refractivity contribution in [2.24, 2.45) is 5.10 Å². The highest BCUT2D eigenvalue weighted by atomic mass is 35.5. The number of para-hydroxylation sites is 1. The topological polar surface area (TPSA) is 89.0 Å². The summed E-state index contributed by atoms with van der Waals surface area (Å²) >= 11 is 5.97. The van der Waals surface area contributed by atoms with Gasteiger partial charge in [-0.1, -0.05) is 23.7 Å². The molecule has 0 unspecified atom stereocenters. The van der Waals surface area contributed by atoms with Crippen molar-refractivity contribution in [2.45, 2.75) is 33.3 Å². The molecule has 0 atom stereocenters. The zero-order valence-electron chi connectivity index (χ0n) is 16.6. The molecular formula is C21H24ClN3O4. The van der Waals surface area contributed by atoms with Crippen molar-refractivity contribution in [2.75, 3.05) is 11.9 Å². The van der Waals surface area contributed by atoms with Crippen molar-refractivity contribution in [1.29, 1.82) is 0 Å². The molecule has 154 valence electrons. The molecule has 0 saturated heterocycles. The van der Waals surface area contributed by atoms with E-state index in [0.717, 1.165) is 0 Å². The van der Waals surface area contributed by atoms with Gasteiger partial charge in [0.25, 0.3) is 0 Å². The van der Waals surface area contributed by atoms with Crippen LogP contribution < -0.4 is 20.2 Å². The van der Waals surface area contributed by atoms with Crippen LogP contribution in [-0.2, 0) is 9.59 Å². The molecular weight excluding hydrogens is 394 g/mol. The predicted molar refractivity (Wildman–Crippen MR) is 114 cm³/mol. The van der Waals surface area contributed by atoms with Crippen molar-refractivity contribution >= 4 is 35.3 Å². The smallest absolute Gasteiger partial charge is 0.249 e. The SMILES string of the molecule is CCOc1cc(C=NNC(=O)CC(=O)Nc2ccccc2Cl)ccc1OC(C)C. The molecule has 2 aromatic rings. The number of carbonyl (C=O) groups is 2. The summed E-state index contributed by atoms with van der Waals surface area (Å²) in [4.78, 5) is 23.8. The van der Waals surface area contributed by atoms with Crippen LogP contribution in [0.15, 0.2) is 47.6 Å². The van der Waals surface area contributed by atoms with Crippen LogP contribution in [0.25, 0.3) is 0 Å². The van der Waals surface area contributed by atoms with Crippen molar-refractivity contribution in [3.05, 3.63) is 53.1 Å². The van der Waals surface area contributed by atoms with E-state index in [0.29, 0.717) is 34.4 Å². The molecule has 0 spiro atoms. The highest BCUT2D eigenvalue weighted by Crippen LogP contribution is 2.29. The van der Waals surface area contributed by atoms with E-state index in [1.54, 1.807) is 42.5 Å². The molecule has 0 fully saturated rings. The normalized spacial score (nSPS) is 10.8. The molecule has 8 heteroatoms. The van der Waals surface area contributed by atoms with Crippen LogP contribution in [0.1, 0.15) is 32.8 Å². The molecule has 0 aliphatic rings. The maximum Gasteiger partial charge on any atom is 0.249 e. The zero-order chi connectivity index (χ0) is 21.2. The Morgan fingerprint density at radius 3 is 2.59 bits per heavy atom. The first-order chi connectivity index (χ1) is 13.9. The molecule has 0 aliphatic carbocycles. The van der Waals surface area contributed by atoms with Gasteiger partial charge in [0.1, 0.15) is 6.42 Å². The van der Waals surface area contributed by atoms with E-state index in [1.165, 1.54) is 6.21 Å². The minimum Gasteiger partial charge on any atom is -0.490 e. The number of amides is 2. The van der Waals surface area contributed by atoms with Crippen LogP contribution in [0, 0.1) is 0 Å². The van der Waals surface area contributed by atoms with Crippen molar-refractivity contribution in [3.8, 4) is 11.5 Å². The summed E-state index contributed by atoms with van der Waals surface area (Å²) in [5.41, 5.74) is 3.49. The number of nitrogens with one attached hydrogen (secondary N) is 2. The lowest BCUT2D eigenvalue weighted by Gasteiger charge is -2.14. The summed E-state index contributed by atoms with van der Waals surface area (Å²) in [6.07, 6.45) is 1.10. The number of ether oxygens (including phenoxy) is 2. The van der Waals surface area contributed by atoms with Gasteiger partial charge in [0.2, 0.25) is 11.8 Å². The van der Waals surface area contributed by atoms with Gasteiger partial charge in [-0.2, -0.15) is 5.10 Å². The largest absolute Gasteiger partial charge is 0.490 e. The van der Waals surface area contributed by atoms with Crippen LogP contribution >= 0.6 is 11.6 Å². The fourth-order valence-corrected chi connectivity index (χ4v) is 2.53. The molecule has 2 rings (SSSR count). The first-order valence-corrected chi connectivity index (χ1v) is 9.56. The molecule has 29 heavy (non-hydrogen) atoms. The fraction of sp³-hybridized carbons (Fsp3) is 0.286. The number of hydrogen-bond acceptors (Lipinski definition) is 5. The number of rotatable bonds is 9. The number of anilines is 1. The quantitative estimate of drug-likeness (QED) is 0.366. The van der Waals surface area contributed by atoms with Gasteiger partial charge in [-0.25, -0.2) is 5.43 Å². The summed E-state index contributed by atoms with van der Waals surface area (Å²) in [5, 5.41) is 6.86. The summed E-state index contributed by atoms with van der Waals surface area (Å²) in [7, 11) is 0. The molecule has 7 nitrogen and oxygen atoms in total. The molecule has 2 amide bonds. The van der Waals surface area contributed by atoms with Gasteiger partial charge in [-0.15, -0.1) is 0 Å². The van der Waals surface area contributed by atoms with Crippen LogP contribution in [0.2, 0.25) is 5.02 Å². The Hall–Kier alpha value is -3.06. The third-order valence-corrected chi connectivity index (χ3v) is 3.83. The highest BCUT2D eigenvalue weighted by molar-refractivity contribution is 6.33. The number of hydrogen-bond donors (Lipinski definition) is 2. The van der Waals surface area contributed by atoms with Crippen LogP contribution in [0.4, 0.5) is 5.69 Å². The molecule has 0 aromatic heterocycles. The molecule has 0 heterocycles. The third-order valence-electron chi connectivity index (χ3n) is 3.50. The van der Waals surface area contributed by atoms with Crippen molar-refractivity contribution < 1.29 is 19.1 Å². The lowest BCUT2D eigenvalue weighted by atomic mass is 10.2. The number of halogens is 1. The van der Waals surface area contributed by atoms with Gasteiger partial charge in [0.05, 0.1) is 29.6 Å². The number of nitrogens with zero attached hydrogens (tertiary/aromatic N) is 1. The molecule has 2 aromatic carbocycles. The highest BCUT2D eigenvalue weighted by Gasteiger charge is 2.11. The van der Waals surface area contributed by atoms with E-state index >= 15 is 0 Å². The summed E-state index contributed by atoms with van der Waals surface area (Å²) in [5.74, 6) is 0.199. The summed E-state index contributed by atoms with van der Waals surface area (Å²) < 4.78 is 11.3. The van der Waals surface area contributed by atoms with E-state index < -0.39 is 11.8 Å². The maximum absolute atomic E-state index is 11.9. The number of benzene rings is 2. The average molecular weight is 418 g/mol. The summed E-state index contributed by atoms with van der Waals surface area (Å²) in [6, 6.07) is 12.1. The Morgan fingerprint density at radius 2 is 1.90 bits per heavy atom. The minimum atomic E-state index is -0.546. The molecule has 2 N–H and O–H groups in total. The lowest BCUT2D eigenvalue weighted by molar-refractivity contribution is -0.126. The van der Waals surface area contributed by atoms with E-state index in [-0.39, 0.29) is 12.5 Å². The Bertz CT molecular complexity index is 884. The Balaban J connectivity index is 1.91. The molecule has 0 aliphatic heterocycles. The Morgan fingerprint density at radius 1 is 1.14 bits per heavy atom. The molecule has 0 radical (unpaired) electrons. The third kappa shape index (κ3) is 7.46. The van der Waals surface area contributed by atoms with Crippen LogP contribution in [0.5, 0.6) is 11.5 Å². The van der Waals surface area contributed by atoms with Crippen LogP contribution in [-0.4, -0.2) is 30.7 Å². The van der Waals surface area contributed by atoms with E-state index in [4.69, 9.17) is 21.1 Å². The Kier molecular flexibility index (Phi) is 8.48. The second-order valence-electron chi connectivity index (χ2n) is 6.30. The van der Waals surface area contributed by atoms with Crippen molar-refractivity contribution in [3.63, 3.8) is 0 Å². The van der Waals surface area contributed by atoms with E-state index in [2.05, 4.69) is 15.8 Å². The fourth-order valence-electron chi connectivity index (χ4n) is 2.35. The molecule has 0 bridgehead atoms. The van der Waals surface area contributed by atoms with Gasteiger partial charge in [0.15, 0.2) is 11.5 Å². The summed E-state index contributed by atoms with van der Waals surface area (Å²) in [6.45, 7) is 6.24. The lowest BCUT2D eigenvalue weighted by Crippen LogP contribution is -2.24. The van der Waals surface area contributed by atoms with Gasteiger partial charge in [-0.05, 0) is 56.7 Å². The van der Waals surface area contributed by atoms with Gasteiger partial charge >= 0.3 is 0 Å². The second kappa shape index (κ2) is 11.1. The van der Waals surface area contributed by atoms with Gasteiger partial charge in [-0.3, -0.25) is 9.59 Å². The number of carbonyl (C=O) groups excluding carboxylic acids is 2. The monoisotopic (exact) mass is 417 g/mol. The first kappa shape index (κ1) is 22.2. The standard InChI is InChI=1S/C21H24ClN3O4/c1-4-28-19-11-15(9-10-18(19)29-14(2)3)13-23-25-21(27)12-20(26)24-17-8-6-5-7-16(17)22/h5-11,13-14H,4,12H2,1-3H3,(H,24,26)(H,25,27). The zero-order valence-corrected chi connectivity index (χ0v) is 17.3. The number of hydrazone groups is 1. The maximum atomic E-state index is 11.9. The first-order valence-electron chi connectivity index (χ1n) is 9.18. The van der Waals surface area contributed by atoms with Gasteiger partial charge in [0, 0.05) is 0 Å². The van der Waals surface area contributed by atoms with Crippen molar-refractivity contribution in [1.82, 2.24) is 5.43 Å². The Labute approximate surface area is 175 Å². The van der Waals surface area contributed by atoms with Gasteiger partial charge < -0.3 is 14.8 Å². The van der Waals surface area contributed by atoms with E-state index in [1.807, 2.05) is 20.8 Å². The van der Waals surface area contributed by atoms with Crippen LogP contribution in [0.3, 0.4) is 0 Å². The predicted octanol–water partition coefficient (Wildman–Crippen LogP) is 4.00. The molecule has 0 saturated carbocycles. The second-order valence-corrected chi connectivity index (χ2v) is 6.71. The minimum absolute atomic E-state index is 0.0184.